The Balaban J connectivity index is 2.01. The number of hydrogen-bond donors (Lipinski definition) is 2. The number of carbonyl (C=O) groups is 1. The molecule has 0 aliphatic rings. The largest absolute Gasteiger partial charge is 0.368 e. The maximum atomic E-state index is 14.3. The number of rotatable bonds is 8. The van der Waals surface area contributed by atoms with E-state index >= 15 is 0 Å². The van der Waals surface area contributed by atoms with Gasteiger partial charge in [-0.05, 0) is 37.0 Å². The number of halogens is 2. The lowest BCUT2D eigenvalue weighted by atomic mass is 10.0. The number of hydrogen-bond acceptors (Lipinski definition) is 3. The molecule has 30 heavy (non-hydrogen) atoms. The van der Waals surface area contributed by atoms with Gasteiger partial charge in [-0.2, -0.15) is 5.10 Å². The van der Waals surface area contributed by atoms with Crippen molar-refractivity contribution in [3.63, 3.8) is 0 Å². The molecule has 0 fully saturated rings. The van der Waals surface area contributed by atoms with Crippen LogP contribution in [0.4, 0.5) is 8.78 Å². The van der Waals surface area contributed by atoms with Crippen LogP contribution >= 0.6 is 0 Å². The summed E-state index contributed by atoms with van der Waals surface area (Å²) in [5.41, 5.74) is 9.04. The van der Waals surface area contributed by atoms with E-state index in [4.69, 9.17) is 5.73 Å². The van der Waals surface area contributed by atoms with Crippen LogP contribution in [-0.4, -0.2) is 21.7 Å². The third kappa shape index (κ3) is 4.91. The molecule has 0 bridgehead atoms. The molecule has 0 saturated carbocycles. The van der Waals surface area contributed by atoms with Gasteiger partial charge in [-0.3, -0.25) is 4.79 Å². The molecule has 1 aromatic heterocycles. The fourth-order valence-corrected chi connectivity index (χ4v) is 3.40. The van der Waals surface area contributed by atoms with Crippen LogP contribution < -0.4 is 11.1 Å². The fourth-order valence-electron chi connectivity index (χ4n) is 3.40. The van der Waals surface area contributed by atoms with Crippen LogP contribution in [0.2, 0.25) is 0 Å². The van der Waals surface area contributed by atoms with E-state index in [2.05, 4.69) is 10.4 Å². The van der Waals surface area contributed by atoms with Crippen molar-refractivity contribution in [1.29, 1.82) is 0 Å². The predicted octanol–water partition coefficient (Wildman–Crippen LogP) is 4.12. The molecule has 0 unspecified atom stereocenters. The average Bonchev–Trinajstić information content (AvgIpc) is 3.08. The Morgan fingerprint density at radius 1 is 1.20 bits per heavy atom. The van der Waals surface area contributed by atoms with Crippen molar-refractivity contribution in [2.75, 3.05) is 0 Å². The standard InChI is InChI=1S/C23H26F2N4O/c1-14(2)10-20(23(26)30)27-12-16-13-29(21-9-8-17(24)11-19(21)25)28-22(16)18-7-5-4-6-15(18)3/h4-9,11,13-14,20,27H,10,12H2,1-3H3,(H2,26,30)/t20-/m0/s1. The van der Waals surface area contributed by atoms with Crippen LogP contribution in [0.25, 0.3) is 16.9 Å². The molecule has 3 rings (SSSR count). The van der Waals surface area contributed by atoms with E-state index in [0.717, 1.165) is 22.8 Å². The number of nitrogens with one attached hydrogen (secondary N) is 1. The third-order valence-corrected chi connectivity index (χ3v) is 4.94. The van der Waals surface area contributed by atoms with Crippen molar-refractivity contribution < 1.29 is 13.6 Å². The van der Waals surface area contributed by atoms with Crippen molar-refractivity contribution >= 4 is 5.91 Å². The highest BCUT2D eigenvalue weighted by molar-refractivity contribution is 5.79. The van der Waals surface area contributed by atoms with Gasteiger partial charge in [0, 0.05) is 29.9 Å². The van der Waals surface area contributed by atoms with Crippen molar-refractivity contribution in [3.8, 4) is 16.9 Å². The quantitative estimate of drug-likeness (QED) is 0.585. The summed E-state index contributed by atoms with van der Waals surface area (Å²) in [6.45, 7) is 6.33. The second-order valence-corrected chi connectivity index (χ2v) is 7.82. The maximum Gasteiger partial charge on any atom is 0.234 e. The highest BCUT2D eigenvalue weighted by Crippen LogP contribution is 2.27. The van der Waals surface area contributed by atoms with Crippen molar-refractivity contribution in [2.24, 2.45) is 11.7 Å². The minimum atomic E-state index is -0.705. The number of carbonyl (C=O) groups excluding carboxylic acids is 1. The Kier molecular flexibility index (Phi) is 6.62. The van der Waals surface area contributed by atoms with Gasteiger partial charge in [0.2, 0.25) is 5.91 Å². The van der Waals surface area contributed by atoms with Gasteiger partial charge < -0.3 is 11.1 Å². The molecule has 3 N–H and O–H groups in total. The summed E-state index contributed by atoms with van der Waals surface area (Å²) in [4.78, 5) is 11.8. The molecule has 0 spiro atoms. The lowest BCUT2D eigenvalue weighted by Crippen LogP contribution is -2.41. The third-order valence-electron chi connectivity index (χ3n) is 4.94. The van der Waals surface area contributed by atoms with Gasteiger partial charge in [-0.1, -0.05) is 38.1 Å². The van der Waals surface area contributed by atoms with E-state index in [1.165, 1.54) is 16.8 Å². The molecule has 1 amide bonds. The SMILES string of the molecule is Cc1ccccc1-c1nn(-c2ccc(F)cc2F)cc1CN[C@@H](CC(C)C)C(N)=O. The van der Waals surface area contributed by atoms with E-state index < -0.39 is 23.6 Å². The zero-order chi connectivity index (χ0) is 21.8. The fraction of sp³-hybridized carbons (Fsp3) is 0.304. The van der Waals surface area contributed by atoms with Crippen LogP contribution in [0.5, 0.6) is 0 Å². The molecule has 7 heteroatoms. The first-order chi connectivity index (χ1) is 14.3. The predicted molar refractivity (Wildman–Crippen MR) is 113 cm³/mol. The molecule has 0 aliphatic carbocycles. The number of aromatic nitrogens is 2. The first kappa shape index (κ1) is 21.6. The summed E-state index contributed by atoms with van der Waals surface area (Å²) < 4.78 is 29.1. The summed E-state index contributed by atoms with van der Waals surface area (Å²) >= 11 is 0. The van der Waals surface area contributed by atoms with E-state index in [-0.39, 0.29) is 5.69 Å². The molecule has 2 aromatic carbocycles. The zero-order valence-electron chi connectivity index (χ0n) is 17.3. The van der Waals surface area contributed by atoms with E-state index in [1.54, 1.807) is 6.20 Å². The molecule has 1 heterocycles. The molecule has 1 atom stereocenters. The average molecular weight is 412 g/mol. The van der Waals surface area contributed by atoms with Gasteiger partial charge in [0.15, 0.2) is 5.82 Å². The Hall–Kier alpha value is -3.06. The summed E-state index contributed by atoms with van der Waals surface area (Å²) in [6.07, 6.45) is 2.30. The Morgan fingerprint density at radius 3 is 2.57 bits per heavy atom. The van der Waals surface area contributed by atoms with Crippen molar-refractivity contribution in [2.45, 2.75) is 39.8 Å². The monoisotopic (exact) mass is 412 g/mol. The normalized spacial score (nSPS) is 12.3. The minimum absolute atomic E-state index is 0.145. The summed E-state index contributed by atoms with van der Waals surface area (Å²) in [5.74, 6) is -1.48. The van der Waals surface area contributed by atoms with Gasteiger partial charge in [-0.15, -0.1) is 0 Å². The molecule has 3 aromatic rings. The number of nitrogens with two attached hydrogens (primary N) is 1. The first-order valence-electron chi connectivity index (χ1n) is 9.89. The first-order valence-corrected chi connectivity index (χ1v) is 9.89. The number of amides is 1. The number of primary amides is 1. The van der Waals surface area contributed by atoms with Gasteiger partial charge in [0.05, 0.1) is 11.7 Å². The lowest BCUT2D eigenvalue weighted by molar-refractivity contribution is -0.120. The summed E-state index contributed by atoms with van der Waals surface area (Å²) in [5, 5.41) is 7.79. The van der Waals surface area contributed by atoms with Crippen molar-refractivity contribution in [1.82, 2.24) is 15.1 Å². The van der Waals surface area contributed by atoms with E-state index in [0.29, 0.717) is 24.6 Å². The highest BCUT2D eigenvalue weighted by Gasteiger charge is 2.20. The smallest absolute Gasteiger partial charge is 0.234 e. The van der Waals surface area contributed by atoms with E-state index in [9.17, 15) is 13.6 Å². The minimum Gasteiger partial charge on any atom is -0.368 e. The Morgan fingerprint density at radius 2 is 1.93 bits per heavy atom. The Bertz CT molecular complexity index is 1050. The van der Waals surface area contributed by atoms with Crippen LogP contribution in [-0.2, 0) is 11.3 Å². The van der Waals surface area contributed by atoms with Gasteiger partial charge in [0.1, 0.15) is 11.5 Å². The number of nitrogens with zero attached hydrogens (tertiary/aromatic N) is 2. The molecular weight excluding hydrogens is 386 g/mol. The molecule has 0 saturated heterocycles. The maximum absolute atomic E-state index is 14.3. The number of benzene rings is 2. The molecule has 158 valence electrons. The van der Waals surface area contributed by atoms with Gasteiger partial charge in [0.25, 0.3) is 0 Å². The van der Waals surface area contributed by atoms with Crippen molar-refractivity contribution in [3.05, 3.63) is 71.4 Å². The molecule has 0 radical (unpaired) electrons. The van der Waals surface area contributed by atoms with Crippen LogP contribution in [0.15, 0.2) is 48.7 Å². The second-order valence-electron chi connectivity index (χ2n) is 7.82. The zero-order valence-corrected chi connectivity index (χ0v) is 17.3. The van der Waals surface area contributed by atoms with Crippen LogP contribution in [0.1, 0.15) is 31.4 Å². The molecular formula is C23H26F2N4O. The Labute approximate surface area is 174 Å². The molecule has 5 nitrogen and oxygen atoms in total. The second kappa shape index (κ2) is 9.17. The van der Waals surface area contributed by atoms with E-state index in [1.807, 2.05) is 45.0 Å². The lowest BCUT2D eigenvalue weighted by Gasteiger charge is -2.17. The highest BCUT2D eigenvalue weighted by atomic mass is 19.1. The van der Waals surface area contributed by atoms with Crippen LogP contribution in [0, 0.1) is 24.5 Å². The van der Waals surface area contributed by atoms with Gasteiger partial charge in [-0.25, -0.2) is 13.5 Å². The van der Waals surface area contributed by atoms with Crippen LogP contribution in [0.3, 0.4) is 0 Å². The summed E-state index contributed by atoms with van der Waals surface area (Å²) in [7, 11) is 0. The summed E-state index contributed by atoms with van der Waals surface area (Å²) in [6, 6.07) is 10.6. The van der Waals surface area contributed by atoms with Gasteiger partial charge >= 0.3 is 0 Å². The molecule has 0 aliphatic heterocycles. The topological polar surface area (TPSA) is 72.9 Å². The number of aryl methyl sites for hydroxylation is 1.